The zero-order valence-corrected chi connectivity index (χ0v) is 5.54. The van der Waals surface area contributed by atoms with Gasteiger partial charge in [0.2, 0.25) is 12.8 Å². The molecule has 0 aromatic rings. The summed E-state index contributed by atoms with van der Waals surface area (Å²) < 4.78 is 0. The Labute approximate surface area is 59.7 Å². The van der Waals surface area contributed by atoms with Crippen molar-refractivity contribution in [3.8, 4) is 0 Å². The molecule has 1 N–H and O–H groups in total. The van der Waals surface area contributed by atoms with E-state index in [1.807, 2.05) is 24.6 Å². The number of dihydropyridines is 2. The number of fused-ring (bicyclic) bond motifs is 1. The predicted octanol–water partition coefficient (Wildman–Crippen LogP) is 0.334. The largest absolute Gasteiger partial charge is 0.361 e. The van der Waals surface area contributed by atoms with Crippen LogP contribution in [0, 0.1) is 0 Å². The number of hydrogen-bond acceptors (Lipinski definition) is 2. The van der Waals surface area contributed by atoms with Crippen LogP contribution in [0.2, 0.25) is 0 Å². The Morgan fingerprint density at radius 2 is 2.50 bits per heavy atom. The molecular formula is C8H8N2+. The van der Waals surface area contributed by atoms with Crippen molar-refractivity contribution >= 4 is 6.21 Å². The van der Waals surface area contributed by atoms with Gasteiger partial charge in [-0.25, -0.2) is 0 Å². The molecule has 0 aromatic carbocycles. The Morgan fingerprint density at radius 3 is 3.40 bits per heavy atom. The quantitative estimate of drug-likeness (QED) is 0.505. The molecule has 2 aliphatic heterocycles. The summed E-state index contributed by atoms with van der Waals surface area (Å²) >= 11 is 0. The summed E-state index contributed by atoms with van der Waals surface area (Å²) in [5, 5.41) is 3.14. The topological polar surface area (TPSA) is 26.1 Å². The number of aliphatic imine (C=N–C) groups is 1. The van der Waals surface area contributed by atoms with E-state index in [1.54, 1.807) is 0 Å². The maximum absolute atomic E-state index is 4.12. The van der Waals surface area contributed by atoms with Crippen molar-refractivity contribution in [1.29, 1.82) is 0 Å². The van der Waals surface area contributed by atoms with Gasteiger partial charge in [-0.2, -0.15) is 0 Å². The molecule has 0 saturated carbocycles. The molecule has 2 heterocycles. The molecule has 0 spiro atoms. The second-order valence-corrected chi connectivity index (χ2v) is 2.24. The zero-order valence-electron chi connectivity index (χ0n) is 5.54. The molecule has 0 saturated heterocycles. The van der Waals surface area contributed by atoms with Crippen LogP contribution < -0.4 is 10.3 Å². The third-order valence-electron chi connectivity index (χ3n) is 1.55. The SMILES string of the molecule is C1=CNC2=CC[N+]=CC2=C1. The van der Waals surface area contributed by atoms with Crippen LogP contribution in [0.15, 0.2) is 35.7 Å². The lowest BCUT2D eigenvalue weighted by Crippen LogP contribution is -2.17. The van der Waals surface area contributed by atoms with Crippen LogP contribution >= 0.6 is 0 Å². The van der Waals surface area contributed by atoms with Gasteiger partial charge in [0.05, 0.1) is 11.3 Å². The molecule has 0 bridgehead atoms. The molecular weight excluding hydrogens is 124 g/mol. The molecule has 2 aliphatic rings. The maximum Gasteiger partial charge on any atom is 0.244 e. The Balaban J connectivity index is 2.39. The standard InChI is InChI=1S/C8H8N2/c1-2-7-6-9-5-3-8(7)10-4-1/h1-4,6,10H,5H2/q+1. The molecule has 2 rings (SSSR count). The molecule has 2 nitrogen and oxygen atoms in total. The van der Waals surface area contributed by atoms with E-state index < -0.39 is 0 Å². The van der Waals surface area contributed by atoms with Gasteiger partial charge < -0.3 is 5.32 Å². The van der Waals surface area contributed by atoms with E-state index in [4.69, 9.17) is 0 Å². The van der Waals surface area contributed by atoms with Crippen molar-refractivity contribution in [3.05, 3.63) is 35.7 Å². The first-order valence-corrected chi connectivity index (χ1v) is 3.30. The highest BCUT2D eigenvalue weighted by Gasteiger charge is 2.12. The molecule has 49 valence electrons. The summed E-state index contributed by atoms with van der Waals surface area (Å²) in [4.78, 5) is 4.12. The first-order valence-electron chi connectivity index (χ1n) is 3.30. The third-order valence-corrected chi connectivity index (χ3v) is 1.55. The lowest BCUT2D eigenvalue weighted by atomic mass is 10.1. The van der Waals surface area contributed by atoms with E-state index >= 15 is 0 Å². The monoisotopic (exact) mass is 132 g/mol. The average molecular weight is 132 g/mol. The number of nitrogens with zero attached hydrogens (tertiary/aromatic N) is 1. The van der Waals surface area contributed by atoms with Crippen molar-refractivity contribution in [2.75, 3.05) is 6.54 Å². The summed E-state index contributed by atoms with van der Waals surface area (Å²) in [5.74, 6) is 0. The molecule has 0 fully saturated rings. The van der Waals surface area contributed by atoms with Crippen molar-refractivity contribution in [2.24, 2.45) is 0 Å². The van der Waals surface area contributed by atoms with Gasteiger partial charge in [0.25, 0.3) is 0 Å². The highest BCUT2D eigenvalue weighted by Crippen LogP contribution is 2.09. The van der Waals surface area contributed by atoms with E-state index in [9.17, 15) is 0 Å². The fourth-order valence-electron chi connectivity index (χ4n) is 1.05. The second-order valence-electron chi connectivity index (χ2n) is 2.24. The van der Waals surface area contributed by atoms with Gasteiger partial charge in [-0.3, -0.25) is 0 Å². The van der Waals surface area contributed by atoms with Crippen LogP contribution in [0.5, 0.6) is 0 Å². The summed E-state index contributed by atoms with van der Waals surface area (Å²) in [6, 6.07) is 0. The Hall–Kier alpha value is -1.31. The Kier molecular flexibility index (Phi) is 1.17. The van der Waals surface area contributed by atoms with Gasteiger partial charge in [0.15, 0.2) is 0 Å². The lowest BCUT2D eigenvalue weighted by molar-refractivity contribution is 0.999. The number of nitrogens with one attached hydrogen (secondary N) is 1. The molecule has 1 radical (unpaired) electrons. The van der Waals surface area contributed by atoms with Crippen LogP contribution in [-0.4, -0.2) is 12.8 Å². The lowest BCUT2D eigenvalue weighted by Gasteiger charge is -2.09. The molecule has 2 heteroatoms. The summed E-state index contributed by atoms with van der Waals surface area (Å²) in [6.07, 6.45) is 9.92. The Bertz CT molecular complexity index is 256. The number of allylic oxidation sites excluding steroid dienone is 3. The Morgan fingerprint density at radius 1 is 1.50 bits per heavy atom. The summed E-state index contributed by atoms with van der Waals surface area (Å²) in [7, 11) is 0. The molecule has 0 unspecified atom stereocenters. The highest BCUT2D eigenvalue weighted by molar-refractivity contribution is 5.85. The van der Waals surface area contributed by atoms with Crippen LogP contribution in [0.4, 0.5) is 0 Å². The van der Waals surface area contributed by atoms with Crippen LogP contribution in [-0.2, 0) is 0 Å². The third kappa shape index (κ3) is 0.778. The molecule has 0 aromatic heterocycles. The van der Waals surface area contributed by atoms with Gasteiger partial charge in [0.1, 0.15) is 0 Å². The van der Waals surface area contributed by atoms with Crippen LogP contribution in [0.1, 0.15) is 0 Å². The van der Waals surface area contributed by atoms with E-state index in [0.29, 0.717) is 0 Å². The molecule has 0 aliphatic carbocycles. The number of hydrogen-bond donors (Lipinski definition) is 1. The van der Waals surface area contributed by atoms with Gasteiger partial charge >= 0.3 is 0 Å². The van der Waals surface area contributed by atoms with Gasteiger partial charge in [0, 0.05) is 17.3 Å². The van der Waals surface area contributed by atoms with Crippen molar-refractivity contribution < 1.29 is 0 Å². The normalized spacial score (nSPS) is 20.8. The zero-order chi connectivity index (χ0) is 6.81. The minimum absolute atomic E-state index is 0.799. The summed E-state index contributed by atoms with van der Waals surface area (Å²) in [5.41, 5.74) is 2.35. The predicted molar refractivity (Wildman–Crippen MR) is 41.5 cm³/mol. The second kappa shape index (κ2) is 2.14. The fourth-order valence-corrected chi connectivity index (χ4v) is 1.05. The number of rotatable bonds is 0. The molecule has 0 amide bonds. The minimum Gasteiger partial charge on any atom is -0.361 e. The first-order chi connectivity index (χ1) is 4.97. The first kappa shape index (κ1) is 5.47. The van der Waals surface area contributed by atoms with Crippen molar-refractivity contribution in [2.45, 2.75) is 0 Å². The van der Waals surface area contributed by atoms with E-state index in [-0.39, 0.29) is 0 Å². The molecule has 0 atom stereocenters. The van der Waals surface area contributed by atoms with E-state index in [0.717, 1.165) is 6.54 Å². The average Bonchev–Trinajstić information content (AvgIpc) is 2.05. The summed E-state index contributed by atoms with van der Waals surface area (Å²) in [6.45, 7) is 0.799. The van der Waals surface area contributed by atoms with Crippen LogP contribution in [0.3, 0.4) is 0 Å². The van der Waals surface area contributed by atoms with Crippen molar-refractivity contribution in [1.82, 2.24) is 10.3 Å². The van der Waals surface area contributed by atoms with Gasteiger partial charge in [-0.1, -0.05) is 0 Å². The van der Waals surface area contributed by atoms with Crippen molar-refractivity contribution in [3.63, 3.8) is 0 Å². The van der Waals surface area contributed by atoms with Crippen LogP contribution in [0.25, 0.3) is 0 Å². The van der Waals surface area contributed by atoms with E-state index in [2.05, 4.69) is 16.4 Å². The highest BCUT2D eigenvalue weighted by atomic mass is 14.9. The minimum atomic E-state index is 0.799. The smallest absolute Gasteiger partial charge is 0.244 e. The fraction of sp³-hybridized carbons (Fsp3) is 0.125. The van der Waals surface area contributed by atoms with Gasteiger partial charge in [-0.05, 0) is 12.2 Å². The maximum atomic E-state index is 4.12. The van der Waals surface area contributed by atoms with Gasteiger partial charge in [-0.15, -0.1) is 0 Å². The van der Waals surface area contributed by atoms with E-state index in [1.165, 1.54) is 11.3 Å². The molecule has 10 heavy (non-hydrogen) atoms.